The average Bonchev–Trinajstić information content (AvgIpc) is 3.20. The van der Waals surface area contributed by atoms with Gasteiger partial charge >= 0.3 is 0 Å². The normalized spacial score (nSPS) is 18.4. The van der Waals surface area contributed by atoms with E-state index in [1.807, 2.05) is 12.1 Å². The van der Waals surface area contributed by atoms with Crippen LogP contribution in [0.1, 0.15) is 51.2 Å². The molecular weight excluding hydrogens is 352 g/mol. The van der Waals surface area contributed by atoms with E-state index >= 15 is 0 Å². The lowest BCUT2D eigenvalue weighted by Crippen LogP contribution is -2.39. The fourth-order valence-corrected chi connectivity index (χ4v) is 4.13. The Morgan fingerprint density at radius 2 is 2.07 bits per heavy atom. The maximum atomic E-state index is 13.0. The molecule has 1 aliphatic carbocycles. The van der Waals surface area contributed by atoms with Crippen molar-refractivity contribution in [2.24, 2.45) is 11.7 Å². The maximum Gasteiger partial charge on any atom is 0.253 e. The number of nitrogens with zero attached hydrogens (tertiary/aromatic N) is 3. The highest BCUT2D eigenvalue weighted by molar-refractivity contribution is 6.00. The molecular formula is C22H22N4O2. The van der Waals surface area contributed by atoms with Crippen LogP contribution in [0.25, 0.3) is 11.3 Å². The summed E-state index contributed by atoms with van der Waals surface area (Å²) in [5, 5.41) is 9.17. The molecule has 1 aliphatic heterocycles. The molecule has 6 heteroatoms. The maximum absolute atomic E-state index is 13.0. The second kappa shape index (κ2) is 7.43. The Morgan fingerprint density at radius 1 is 1.21 bits per heavy atom. The van der Waals surface area contributed by atoms with Crippen molar-refractivity contribution < 1.29 is 9.59 Å². The summed E-state index contributed by atoms with van der Waals surface area (Å²) in [6.07, 6.45) is 4.50. The van der Waals surface area contributed by atoms with Gasteiger partial charge in [-0.1, -0.05) is 12.1 Å². The summed E-state index contributed by atoms with van der Waals surface area (Å²) in [6.45, 7) is 1.12. The van der Waals surface area contributed by atoms with Gasteiger partial charge in [-0.3, -0.25) is 14.6 Å². The Labute approximate surface area is 164 Å². The number of nitrogens with two attached hydrogens (primary N) is 1. The van der Waals surface area contributed by atoms with Crippen molar-refractivity contribution in [1.29, 1.82) is 5.26 Å². The Bertz CT molecular complexity index is 993. The first-order valence-corrected chi connectivity index (χ1v) is 9.68. The van der Waals surface area contributed by atoms with Crippen molar-refractivity contribution in [3.63, 3.8) is 0 Å². The molecule has 2 N–H and O–H groups in total. The van der Waals surface area contributed by atoms with Crippen molar-refractivity contribution in [3.8, 4) is 17.3 Å². The third kappa shape index (κ3) is 3.36. The Hall–Kier alpha value is -3.20. The first kappa shape index (κ1) is 18.2. The third-order valence-electron chi connectivity index (χ3n) is 5.59. The third-order valence-corrected chi connectivity index (χ3v) is 5.59. The number of hydrogen-bond acceptors (Lipinski definition) is 4. The Kier molecular flexibility index (Phi) is 4.82. The zero-order valence-electron chi connectivity index (χ0n) is 15.6. The SMILES string of the molecule is N#C[C@H]1CCCN(C(=O)c2cccc(-c3nc4c(cc3C(N)=O)CCC4)c2)C1. The number of carbonyl (C=O) groups is 2. The number of fused-ring (bicyclic) bond motifs is 1. The molecule has 2 amide bonds. The second-order valence-corrected chi connectivity index (χ2v) is 7.51. The predicted octanol–water partition coefficient (Wildman–Crippen LogP) is 2.71. The van der Waals surface area contributed by atoms with Crippen LogP contribution in [0, 0.1) is 17.2 Å². The summed E-state index contributed by atoms with van der Waals surface area (Å²) < 4.78 is 0. The molecule has 0 saturated carbocycles. The predicted molar refractivity (Wildman–Crippen MR) is 104 cm³/mol. The quantitative estimate of drug-likeness (QED) is 0.892. The Balaban J connectivity index is 1.69. The van der Waals surface area contributed by atoms with Gasteiger partial charge in [0.05, 0.1) is 23.2 Å². The van der Waals surface area contributed by atoms with Crippen LogP contribution in [0.2, 0.25) is 0 Å². The van der Waals surface area contributed by atoms with Crippen LogP contribution in [0.4, 0.5) is 0 Å². The highest BCUT2D eigenvalue weighted by Crippen LogP contribution is 2.29. The fraction of sp³-hybridized carbons (Fsp3) is 0.364. The molecule has 28 heavy (non-hydrogen) atoms. The first-order chi connectivity index (χ1) is 13.6. The summed E-state index contributed by atoms with van der Waals surface area (Å²) in [6, 6.07) is 11.3. The molecule has 2 aromatic rings. The van der Waals surface area contributed by atoms with Crippen molar-refractivity contribution >= 4 is 11.8 Å². The van der Waals surface area contributed by atoms with Crippen molar-refractivity contribution in [2.45, 2.75) is 32.1 Å². The molecule has 2 aliphatic rings. The minimum atomic E-state index is -0.512. The van der Waals surface area contributed by atoms with E-state index in [1.54, 1.807) is 23.1 Å². The lowest BCUT2D eigenvalue weighted by atomic mass is 9.97. The number of aromatic nitrogens is 1. The summed E-state index contributed by atoms with van der Waals surface area (Å²) >= 11 is 0. The van der Waals surface area contributed by atoms with Crippen LogP contribution in [0.15, 0.2) is 30.3 Å². The van der Waals surface area contributed by atoms with Crippen molar-refractivity contribution in [2.75, 3.05) is 13.1 Å². The molecule has 1 fully saturated rings. The number of rotatable bonds is 3. The standard InChI is InChI=1S/C22H22N4O2/c23-12-14-4-3-9-26(13-14)22(28)17-7-1-6-16(10-17)20-18(21(24)27)11-15-5-2-8-19(15)25-20/h1,6-7,10-11,14H,2-5,8-9,13H2,(H2,24,27)/t14-/m1/s1. The summed E-state index contributed by atoms with van der Waals surface area (Å²) in [4.78, 5) is 31.4. The lowest BCUT2D eigenvalue weighted by molar-refractivity contribution is 0.0698. The number of nitriles is 1. The smallest absolute Gasteiger partial charge is 0.253 e. The molecule has 0 bridgehead atoms. The van der Waals surface area contributed by atoms with Gasteiger partial charge in [0.1, 0.15) is 0 Å². The number of pyridine rings is 1. The van der Waals surface area contributed by atoms with Crippen LogP contribution in [0.3, 0.4) is 0 Å². The van der Waals surface area contributed by atoms with E-state index in [1.165, 1.54) is 0 Å². The van der Waals surface area contributed by atoms with Crippen LogP contribution < -0.4 is 5.73 Å². The number of aryl methyl sites for hydroxylation is 2. The van der Waals surface area contributed by atoms with Gasteiger partial charge in [0, 0.05) is 29.9 Å². The summed E-state index contributed by atoms with van der Waals surface area (Å²) in [5.41, 5.74) is 9.88. The van der Waals surface area contributed by atoms with Gasteiger partial charge < -0.3 is 10.6 Å². The van der Waals surface area contributed by atoms with Gasteiger partial charge in [-0.2, -0.15) is 5.26 Å². The van der Waals surface area contributed by atoms with Gasteiger partial charge in [0.2, 0.25) is 0 Å². The highest BCUT2D eigenvalue weighted by Gasteiger charge is 2.25. The van der Waals surface area contributed by atoms with E-state index in [4.69, 9.17) is 10.7 Å². The first-order valence-electron chi connectivity index (χ1n) is 9.68. The second-order valence-electron chi connectivity index (χ2n) is 7.51. The van der Waals surface area contributed by atoms with E-state index in [9.17, 15) is 14.9 Å². The molecule has 0 radical (unpaired) electrons. The van der Waals surface area contributed by atoms with Gasteiger partial charge in [-0.15, -0.1) is 0 Å². The summed E-state index contributed by atoms with van der Waals surface area (Å²) in [7, 11) is 0. The molecule has 6 nitrogen and oxygen atoms in total. The Morgan fingerprint density at radius 3 is 2.86 bits per heavy atom. The van der Waals surface area contributed by atoms with E-state index in [0.717, 1.165) is 43.4 Å². The number of piperidine rings is 1. The van der Waals surface area contributed by atoms with Crippen molar-refractivity contribution in [3.05, 3.63) is 52.7 Å². The van der Waals surface area contributed by atoms with Crippen LogP contribution in [-0.2, 0) is 12.8 Å². The molecule has 0 spiro atoms. The highest BCUT2D eigenvalue weighted by atomic mass is 16.2. The molecule has 4 rings (SSSR count). The van der Waals surface area contributed by atoms with Gasteiger partial charge in [-0.05, 0) is 55.9 Å². The summed E-state index contributed by atoms with van der Waals surface area (Å²) in [5.74, 6) is -0.717. The van der Waals surface area contributed by atoms with Gasteiger partial charge in [0.15, 0.2) is 0 Å². The van der Waals surface area contributed by atoms with Crippen LogP contribution in [-0.4, -0.2) is 34.8 Å². The fourth-order valence-electron chi connectivity index (χ4n) is 4.13. The minimum Gasteiger partial charge on any atom is -0.366 e. The molecule has 1 aromatic carbocycles. The van der Waals surface area contributed by atoms with Crippen LogP contribution >= 0.6 is 0 Å². The van der Waals surface area contributed by atoms with Crippen molar-refractivity contribution in [1.82, 2.24) is 9.88 Å². The number of benzene rings is 1. The lowest BCUT2D eigenvalue weighted by Gasteiger charge is -2.29. The van der Waals surface area contributed by atoms with E-state index < -0.39 is 5.91 Å². The minimum absolute atomic E-state index is 0.0939. The number of hydrogen-bond donors (Lipinski definition) is 1. The molecule has 142 valence electrons. The van der Waals surface area contributed by atoms with Gasteiger partial charge in [-0.25, -0.2) is 0 Å². The van der Waals surface area contributed by atoms with E-state index in [2.05, 4.69) is 6.07 Å². The molecule has 0 unspecified atom stereocenters. The average molecular weight is 374 g/mol. The molecule has 1 atom stereocenters. The van der Waals surface area contributed by atoms with E-state index in [0.29, 0.717) is 35.5 Å². The molecule has 1 saturated heterocycles. The largest absolute Gasteiger partial charge is 0.366 e. The zero-order chi connectivity index (χ0) is 19.7. The topological polar surface area (TPSA) is 100 Å². The number of carbonyl (C=O) groups excluding carboxylic acids is 2. The molecule has 1 aromatic heterocycles. The van der Waals surface area contributed by atoms with E-state index in [-0.39, 0.29) is 11.8 Å². The van der Waals surface area contributed by atoms with Gasteiger partial charge in [0.25, 0.3) is 11.8 Å². The monoisotopic (exact) mass is 374 g/mol. The van der Waals surface area contributed by atoms with Crippen LogP contribution in [0.5, 0.6) is 0 Å². The number of amides is 2. The zero-order valence-corrected chi connectivity index (χ0v) is 15.6. The number of likely N-dealkylation sites (tertiary alicyclic amines) is 1. The number of primary amides is 1. The molecule has 2 heterocycles.